The van der Waals surface area contributed by atoms with Crippen molar-refractivity contribution in [1.82, 2.24) is 4.90 Å². The second-order valence-electron chi connectivity index (χ2n) is 8.39. The summed E-state index contributed by atoms with van der Waals surface area (Å²) in [7, 11) is 0. The third kappa shape index (κ3) is 4.52. The molecular weight excluding hydrogens is 392 g/mol. The molecule has 3 heterocycles. The molecule has 0 saturated carbocycles. The molecule has 30 heavy (non-hydrogen) atoms. The maximum atomic E-state index is 12.7. The average Bonchev–Trinajstić information content (AvgIpc) is 3.40. The highest BCUT2D eigenvalue weighted by atomic mass is 32.1. The molecule has 4 rings (SSSR count). The number of furan rings is 1. The van der Waals surface area contributed by atoms with Crippen molar-refractivity contribution in [3.8, 4) is 0 Å². The van der Waals surface area contributed by atoms with Gasteiger partial charge < -0.3 is 9.73 Å². The van der Waals surface area contributed by atoms with Gasteiger partial charge in [-0.2, -0.15) is 0 Å². The SMILES string of the molecule is Cc1cc(C(c2ccc(C(C)C)cc2)N2CCCCC2)c(NC(=O)c2ccco2)s1. The van der Waals surface area contributed by atoms with Crippen LogP contribution >= 0.6 is 11.3 Å². The lowest BCUT2D eigenvalue weighted by Crippen LogP contribution is -2.34. The van der Waals surface area contributed by atoms with Gasteiger partial charge in [-0.25, -0.2) is 0 Å². The lowest BCUT2D eigenvalue weighted by Gasteiger charge is -2.35. The molecule has 3 aromatic rings. The summed E-state index contributed by atoms with van der Waals surface area (Å²) in [6, 6.07) is 14.8. The number of aryl methyl sites for hydroxylation is 1. The Balaban J connectivity index is 1.71. The number of nitrogens with zero attached hydrogens (tertiary/aromatic N) is 1. The smallest absolute Gasteiger partial charge is 0.291 e. The van der Waals surface area contributed by atoms with E-state index < -0.39 is 0 Å². The van der Waals surface area contributed by atoms with E-state index in [1.165, 1.54) is 47.1 Å². The summed E-state index contributed by atoms with van der Waals surface area (Å²) >= 11 is 1.63. The summed E-state index contributed by atoms with van der Waals surface area (Å²) in [5.41, 5.74) is 3.81. The Labute approximate surface area is 182 Å². The molecular formula is C25H30N2O2S. The summed E-state index contributed by atoms with van der Waals surface area (Å²) in [6.07, 6.45) is 5.26. The lowest BCUT2D eigenvalue weighted by atomic mass is 9.93. The first kappa shape index (κ1) is 20.9. The Morgan fingerprint density at radius 3 is 2.40 bits per heavy atom. The highest BCUT2D eigenvalue weighted by molar-refractivity contribution is 7.16. The van der Waals surface area contributed by atoms with Gasteiger partial charge in [0.1, 0.15) is 5.00 Å². The average molecular weight is 423 g/mol. The molecule has 4 nitrogen and oxygen atoms in total. The van der Waals surface area contributed by atoms with Gasteiger partial charge in [0, 0.05) is 10.4 Å². The Bertz CT molecular complexity index is 967. The number of carbonyl (C=O) groups is 1. The maximum Gasteiger partial charge on any atom is 0.291 e. The van der Waals surface area contributed by atoms with Crippen LogP contribution in [-0.2, 0) is 0 Å². The summed E-state index contributed by atoms with van der Waals surface area (Å²) in [5, 5.41) is 4.03. The van der Waals surface area contributed by atoms with E-state index in [-0.39, 0.29) is 11.9 Å². The Kier molecular flexibility index (Phi) is 6.40. The highest BCUT2D eigenvalue weighted by Gasteiger charge is 2.28. The molecule has 1 saturated heterocycles. The zero-order valence-electron chi connectivity index (χ0n) is 18.0. The molecule has 0 bridgehead atoms. The molecule has 0 radical (unpaired) electrons. The fourth-order valence-electron chi connectivity index (χ4n) is 4.23. The predicted octanol–water partition coefficient (Wildman–Crippen LogP) is 6.60. The van der Waals surface area contributed by atoms with Crippen LogP contribution in [0.5, 0.6) is 0 Å². The van der Waals surface area contributed by atoms with E-state index in [0.29, 0.717) is 11.7 Å². The van der Waals surface area contributed by atoms with Crippen LogP contribution in [-0.4, -0.2) is 23.9 Å². The fraction of sp³-hybridized carbons (Fsp3) is 0.400. The minimum Gasteiger partial charge on any atom is -0.459 e. The van der Waals surface area contributed by atoms with Crippen LogP contribution in [0, 0.1) is 6.92 Å². The van der Waals surface area contributed by atoms with Gasteiger partial charge in [0.25, 0.3) is 5.91 Å². The first-order valence-electron chi connectivity index (χ1n) is 10.8. The van der Waals surface area contributed by atoms with E-state index >= 15 is 0 Å². The molecule has 1 aliphatic rings. The number of anilines is 1. The number of thiophene rings is 1. The standard InChI is InChI=1S/C25H30N2O2S/c1-17(2)19-9-11-20(12-10-19)23(27-13-5-4-6-14-27)21-16-18(3)30-25(21)26-24(28)22-8-7-15-29-22/h7-12,15-17,23H,4-6,13-14H2,1-3H3,(H,26,28). The zero-order valence-corrected chi connectivity index (χ0v) is 18.8. The van der Waals surface area contributed by atoms with Crippen LogP contribution in [0.2, 0.25) is 0 Å². The molecule has 158 valence electrons. The third-order valence-corrected chi connectivity index (χ3v) is 6.81. The molecule has 1 fully saturated rings. The maximum absolute atomic E-state index is 12.7. The van der Waals surface area contributed by atoms with E-state index in [0.717, 1.165) is 18.1 Å². The van der Waals surface area contributed by atoms with Crippen LogP contribution in [0.15, 0.2) is 53.1 Å². The van der Waals surface area contributed by atoms with Crippen LogP contribution in [0.4, 0.5) is 5.00 Å². The van der Waals surface area contributed by atoms with Crippen LogP contribution < -0.4 is 5.32 Å². The Morgan fingerprint density at radius 2 is 1.77 bits per heavy atom. The molecule has 1 aliphatic heterocycles. The Morgan fingerprint density at radius 1 is 1.07 bits per heavy atom. The predicted molar refractivity (Wildman–Crippen MR) is 124 cm³/mol. The van der Waals surface area contributed by atoms with Crippen molar-refractivity contribution in [3.05, 3.63) is 76.1 Å². The number of hydrogen-bond donors (Lipinski definition) is 1. The van der Waals surface area contributed by atoms with E-state index in [1.54, 1.807) is 23.5 Å². The molecule has 1 amide bonds. The quantitative estimate of drug-likeness (QED) is 0.487. The first-order valence-corrected chi connectivity index (χ1v) is 11.6. The van der Waals surface area contributed by atoms with E-state index in [1.807, 2.05) is 0 Å². The van der Waals surface area contributed by atoms with Crippen LogP contribution in [0.1, 0.15) is 77.2 Å². The van der Waals surface area contributed by atoms with Crippen molar-refractivity contribution in [2.24, 2.45) is 0 Å². The number of likely N-dealkylation sites (tertiary alicyclic amines) is 1. The molecule has 0 aliphatic carbocycles. The van der Waals surface area contributed by atoms with Crippen molar-refractivity contribution < 1.29 is 9.21 Å². The molecule has 1 aromatic carbocycles. The number of rotatable bonds is 6. The monoisotopic (exact) mass is 422 g/mol. The molecule has 1 atom stereocenters. The van der Waals surface area contributed by atoms with Crippen LogP contribution in [0.3, 0.4) is 0 Å². The van der Waals surface area contributed by atoms with Crippen molar-refractivity contribution in [3.63, 3.8) is 0 Å². The second kappa shape index (κ2) is 9.19. The van der Waals surface area contributed by atoms with Crippen molar-refractivity contribution in [2.75, 3.05) is 18.4 Å². The minimum absolute atomic E-state index is 0.142. The van der Waals surface area contributed by atoms with Gasteiger partial charge in [-0.05, 0) is 68.1 Å². The van der Waals surface area contributed by atoms with Gasteiger partial charge in [-0.15, -0.1) is 11.3 Å². The highest BCUT2D eigenvalue weighted by Crippen LogP contribution is 2.40. The summed E-state index contributed by atoms with van der Waals surface area (Å²) in [5.74, 6) is 0.650. The minimum atomic E-state index is -0.198. The molecule has 0 spiro atoms. The van der Waals surface area contributed by atoms with E-state index in [2.05, 4.69) is 61.3 Å². The first-order chi connectivity index (χ1) is 14.5. The molecule has 1 N–H and O–H groups in total. The lowest BCUT2D eigenvalue weighted by molar-refractivity contribution is 0.0996. The largest absolute Gasteiger partial charge is 0.459 e. The van der Waals surface area contributed by atoms with Gasteiger partial charge in [-0.3, -0.25) is 9.69 Å². The van der Waals surface area contributed by atoms with Gasteiger partial charge in [0.15, 0.2) is 5.76 Å². The van der Waals surface area contributed by atoms with E-state index in [9.17, 15) is 4.79 Å². The number of nitrogens with one attached hydrogen (secondary N) is 1. The molecule has 5 heteroatoms. The Hall–Kier alpha value is -2.37. The van der Waals surface area contributed by atoms with Gasteiger partial charge in [0.05, 0.1) is 12.3 Å². The normalized spacial score (nSPS) is 16.0. The van der Waals surface area contributed by atoms with Crippen LogP contribution in [0.25, 0.3) is 0 Å². The molecule has 1 unspecified atom stereocenters. The number of piperidine rings is 1. The van der Waals surface area contributed by atoms with Crippen molar-refractivity contribution in [1.29, 1.82) is 0 Å². The molecule has 2 aromatic heterocycles. The van der Waals surface area contributed by atoms with Crippen molar-refractivity contribution >= 4 is 22.2 Å². The van der Waals surface area contributed by atoms with Gasteiger partial charge in [0.2, 0.25) is 0 Å². The number of amides is 1. The fourth-order valence-corrected chi connectivity index (χ4v) is 5.17. The summed E-state index contributed by atoms with van der Waals surface area (Å²) in [6.45, 7) is 8.71. The zero-order chi connectivity index (χ0) is 21.1. The van der Waals surface area contributed by atoms with Gasteiger partial charge >= 0.3 is 0 Å². The summed E-state index contributed by atoms with van der Waals surface area (Å²) < 4.78 is 5.29. The van der Waals surface area contributed by atoms with Crippen molar-refractivity contribution in [2.45, 2.75) is 52.0 Å². The van der Waals surface area contributed by atoms with Gasteiger partial charge in [-0.1, -0.05) is 44.5 Å². The van der Waals surface area contributed by atoms with E-state index in [4.69, 9.17) is 4.42 Å². The second-order valence-corrected chi connectivity index (χ2v) is 9.65. The third-order valence-electron chi connectivity index (χ3n) is 5.83. The topological polar surface area (TPSA) is 45.5 Å². The number of hydrogen-bond acceptors (Lipinski definition) is 4. The number of benzene rings is 1. The number of carbonyl (C=O) groups excluding carboxylic acids is 1. The summed E-state index contributed by atoms with van der Waals surface area (Å²) in [4.78, 5) is 16.4.